The van der Waals surface area contributed by atoms with Crippen molar-refractivity contribution in [2.24, 2.45) is 0 Å². The summed E-state index contributed by atoms with van der Waals surface area (Å²) in [6.07, 6.45) is 3.76. The van der Waals surface area contributed by atoms with Crippen LogP contribution in [0.25, 0.3) is 16.5 Å². The fourth-order valence-corrected chi connectivity index (χ4v) is 4.47. The average molecular weight is 471 g/mol. The van der Waals surface area contributed by atoms with Crippen molar-refractivity contribution in [3.8, 4) is 0 Å². The number of aromatic nitrogens is 1. The van der Waals surface area contributed by atoms with Gasteiger partial charge in [0.1, 0.15) is 24.0 Å². The van der Waals surface area contributed by atoms with Crippen LogP contribution in [0.1, 0.15) is 36.1 Å². The molecule has 0 fully saturated rings. The van der Waals surface area contributed by atoms with Crippen molar-refractivity contribution in [3.63, 3.8) is 0 Å². The minimum Gasteiger partial charge on any atom is -0.480 e. The van der Waals surface area contributed by atoms with Crippen molar-refractivity contribution in [2.45, 2.75) is 45.3 Å². The largest absolute Gasteiger partial charge is 0.480 e. The van der Waals surface area contributed by atoms with E-state index in [1.54, 1.807) is 10.6 Å². The van der Waals surface area contributed by atoms with Crippen molar-refractivity contribution in [1.82, 2.24) is 15.2 Å². The van der Waals surface area contributed by atoms with E-state index in [1.807, 2.05) is 13.0 Å². The van der Waals surface area contributed by atoms with E-state index in [0.717, 1.165) is 29.0 Å². The van der Waals surface area contributed by atoms with Crippen LogP contribution in [0.15, 0.2) is 42.5 Å². The van der Waals surface area contributed by atoms with Gasteiger partial charge in [0.25, 0.3) is 0 Å². The van der Waals surface area contributed by atoms with Gasteiger partial charge < -0.3 is 20.3 Å². The topological polar surface area (TPSA) is 83.4 Å². The van der Waals surface area contributed by atoms with E-state index in [9.17, 15) is 27.9 Å². The molecule has 1 aliphatic carbocycles. The highest BCUT2D eigenvalue weighted by Gasteiger charge is 2.23. The summed E-state index contributed by atoms with van der Waals surface area (Å²) in [7, 11) is 0. The molecule has 34 heavy (non-hydrogen) atoms. The summed E-state index contributed by atoms with van der Waals surface area (Å²) >= 11 is 0. The Morgan fingerprint density at radius 3 is 2.53 bits per heavy atom. The van der Waals surface area contributed by atoms with Gasteiger partial charge in [0.05, 0.1) is 0 Å². The van der Waals surface area contributed by atoms with Crippen LogP contribution in [0.5, 0.6) is 0 Å². The molecule has 0 saturated carbocycles. The molecule has 3 N–H and O–H groups in total. The van der Waals surface area contributed by atoms with Crippen LogP contribution in [0.4, 0.5) is 18.0 Å². The van der Waals surface area contributed by atoms with E-state index in [2.05, 4.69) is 10.6 Å². The summed E-state index contributed by atoms with van der Waals surface area (Å²) in [5.41, 5.74) is 3.39. The fraction of sp³-hybridized carbons (Fsp3) is 0.280. The normalized spacial score (nSPS) is 15.8. The summed E-state index contributed by atoms with van der Waals surface area (Å²) in [4.78, 5) is 23.6. The maximum Gasteiger partial charge on any atom is 0.323 e. The molecular weight excluding hydrogens is 447 g/mol. The summed E-state index contributed by atoms with van der Waals surface area (Å²) in [6.45, 7) is 1.53. The Hall–Kier alpha value is -3.75. The van der Waals surface area contributed by atoms with E-state index in [0.29, 0.717) is 30.2 Å². The summed E-state index contributed by atoms with van der Waals surface area (Å²) in [6, 6.07) is 6.90. The number of allylic oxidation sites excluding steroid dienone is 1. The quantitative estimate of drug-likeness (QED) is 0.479. The zero-order chi connectivity index (χ0) is 24.4. The highest BCUT2D eigenvalue weighted by molar-refractivity contribution is 5.95. The molecule has 0 spiro atoms. The van der Waals surface area contributed by atoms with Gasteiger partial charge in [-0.05, 0) is 56.0 Å². The first kappa shape index (κ1) is 23.4. The van der Waals surface area contributed by atoms with Crippen molar-refractivity contribution in [3.05, 3.63) is 76.7 Å². The van der Waals surface area contributed by atoms with E-state index >= 15 is 0 Å². The number of carbonyl (C=O) groups excluding carboxylic acids is 1. The summed E-state index contributed by atoms with van der Waals surface area (Å²) in [5.74, 6) is -2.78. The van der Waals surface area contributed by atoms with E-state index in [4.69, 9.17) is 0 Å². The minimum absolute atomic E-state index is 0.0698. The molecule has 4 rings (SSSR count). The number of amides is 2. The number of halogens is 3. The minimum atomic E-state index is -0.982. The van der Waals surface area contributed by atoms with Gasteiger partial charge in [-0.1, -0.05) is 12.1 Å². The Bertz CT molecular complexity index is 1300. The van der Waals surface area contributed by atoms with Gasteiger partial charge in [0.2, 0.25) is 0 Å². The standard InChI is InChI=1S/C25H24F3N3O3/c1-14-24(20-10-17(26)6-9-22(20)31(14)13-23(32)33)15-3-7-19(8-4-15)30-25(34)29-12-16-2-5-18(27)11-21(16)28/h2-3,5-6,9-11,19H,4,7-8,12-13H2,1H3,(H,32,33)(H2,29,30,34). The third-order valence-electron chi connectivity index (χ3n) is 6.10. The Kier molecular flexibility index (Phi) is 6.63. The number of hydrogen-bond donors (Lipinski definition) is 3. The van der Waals surface area contributed by atoms with Gasteiger partial charge in [-0.15, -0.1) is 0 Å². The van der Waals surface area contributed by atoms with Crippen LogP contribution in [0.2, 0.25) is 0 Å². The number of urea groups is 1. The molecule has 0 saturated heterocycles. The third kappa shape index (κ3) is 4.93. The predicted octanol–water partition coefficient (Wildman–Crippen LogP) is 4.89. The Balaban J connectivity index is 1.45. The molecule has 2 aromatic carbocycles. The molecule has 1 atom stereocenters. The first-order chi connectivity index (χ1) is 16.2. The molecule has 0 radical (unpaired) electrons. The predicted molar refractivity (Wildman–Crippen MR) is 122 cm³/mol. The Labute approximate surface area is 194 Å². The van der Waals surface area contributed by atoms with Gasteiger partial charge in [0.15, 0.2) is 0 Å². The molecule has 0 aliphatic heterocycles. The maximum absolute atomic E-state index is 14.0. The number of rotatable bonds is 6. The van der Waals surface area contributed by atoms with Crippen molar-refractivity contribution >= 4 is 28.5 Å². The second-order valence-corrected chi connectivity index (χ2v) is 8.37. The molecule has 3 aromatic rings. The van der Waals surface area contributed by atoms with Gasteiger partial charge in [-0.3, -0.25) is 4.79 Å². The number of nitrogens with zero attached hydrogens (tertiary/aromatic N) is 1. The second-order valence-electron chi connectivity index (χ2n) is 8.37. The van der Waals surface area contributed by atoms with Crippen molar-refractivity contribution < 1.29 is 27.9 Å². The maximum atomic E-state index is 14.0. The van der Waals surface area contributed by atoms with E-state index in [-0.39, 0.29) is 24.7 Å². The number of carbonyl (C=O) groups is 2. The Morgan fingerprint density at radius 2 is 1.85 bits per heavy atom. The number of nitrogens with one attached hydrogen (secondary N) is 2. The molecule has 1 aliphatic rings. The van der Waals surface area contributed by atoms with E-state index < -0.39 is 29.5 Å². The van der Waals surface area contributed by atoms with Gasteiger partial charge in [-0.25, -0.2) is 18.0 Å². The zero-order valence-corrected chi connectivity index (χ0v) is 18.5. The number of carboxylic acid groups (broad SMARTS) is 1. The lowest BCUT2D eigenvalue weighted by Gasteiger charge is -2.24. The van der Waals surface area contributed by atoms with E-state index in [1.165, 1.54) is 18.2 Å². The van der Waals surface area contributed by atoms with Crippen LogP contribution in [0.3, 0.4) is 0 Å². The number of fused-ring (bicyclic) bond motifs is 1. The highest BCUT2D eigenvalue weighted by atomic mass is 19.1. The van der Waals surface area contributed by atoms with Crippen LogP contribution in [0, 0.1) is 24.4 Å². The van der Waals surface area contributed by atoms with Crippen molar-refractivity contribution in [1.29, 1.82) is 0 Å². The zero-order valence-electron chi connectivity index (χ0n) is 18.5. The second kappa shape index (κ2) is 9.62. The molecule has 2 amide bonds. The van der Waals surface area contributed by atoms with Crippen LogP contribution in [-0.4, -0.2) is 27.7 Å². The molecule has 9 heteroatoms. The SMILES string of the molecule is Cc1c(C2=CCC(NC(=O)NCc3ccc(F)cc3F)CC2)c2cc(F)ccc2n1CC(=O)O. The summed E-state index contributed by atoms with van der Waals surface area (Å²) in [5, 5.41) is 15.4. The Morgan fingerprint density at radius 1 is 1.12 bits per heavy atom. The molecule has 178 valence electrons. The lowest BCUT2D eigenvalue weighted by Crippen LogP contribution is -2.42. The summed E-state index contributed by atoms with van der Waals surface area (Å²) < 4.78 is 42.4. The number of hydrogen-bond acceptors (Lipinski definition) is 2. The van der Waals surface area contributed by atoms with Gasteiger partial charge in [0, 0.05) is 46.4 Å². The molecule has 0 bridgehead atoms. The molecular formula is C25H24F3N3O3. The number of benzene rings is 2. The van der Waals surface area contributed by atoms with Crippen LogP contribution >= 0.6 is 0 Å². The van der Waals surface area contributed by atoms with Gasteiger partial charge >= 0.3 is 12.0 Å². The fourth-order valence-electron chi connectivity index (χ4n) is 4.47. The van der Waals surface area contributed by atoms with Crippen LogP contribution < -0.4 is 10.6 Å². The smallest absolute Gasteiger partial charge is 0.323 e. The third-order valence-corrected chi connectivity index (χ3v) is 6.10. The monoisotopic (exact) mass is 471 g/mol. The average Bonchev–Trinajstić information content (AvgIpc) is 3.04. The number of carboxylic acids is 1. The van der Waals surface area contributed by atoms with Crippen LogP contribution in [-0.2, 0) is 17.9 Å². The molecule has 1 unspecified atom stereocenters. The molecule has 1 aromatic heterocycles. The molecule has 6 nitrogen and oxygen atoms in total. The molecule has 1 heterocycles. The highest BCUT2D eigenvalue weighted by Crippen LogP contribution is 2.36. The number of aliphatic carboxylic acids is 1. The van der Waals surface area contributed by atoms with Gasteiger partial charge in [-0.2, -0.15) is 0 Å². The first-order valence-electron chi connectivity index (χ1n) is 10.9. The first-order valence-corrected chi connectivity index (χ1v) is 10.9. The lowest BCUT2D eigenvalue weighted by atomic mass is 9.89. The van der Waals surface area contributed by atoms with Crippen molar-refractivity contribution in [2.75, 3.05) is 0 Å². The lowest BCUT2D eigenvalue weighted by molar-refractivity contribution is -0.137.